The van der Waals surface area contributed by atoms with Crippen LogP contribution in [0.5, 0.6) is 0 Å². The van der Waals surface area contributed by atoms with Crippen molar-refractivity contribution in [2.24, 2.45) is 0 Å². The van der Waals surface area contributed by atoms with Gasteiger partial charge < -0.3 is 4.57 Å². The number of hydrogen-bond acceptors (Lipinski definition) is 4. The Morgan fingerprint density at radius 2 is 1.94 bits per heavy atom. The fourth-order valence-electron chi connectivity index (χ4n) is 4.71. The van der Waals surface area contributed by atoms with Crippen molar-refractivity contribution in [3.05, 3.63) is 95.1 Å². The largest absolute Gasteiger partial charge is 0.322 e. The quantitative estimate of drug-likeness (QED) is 0.474. The smallest absolute Gasteiger partial charge is 0.124 e. The van der Waals surface area contributed by atoms with Gasteiger partial charge in [-0.05, 0) is 61.7 Å². The third-order valence-electron chi connectivity index (χ3n) is 6.29. The number of nitrogens with zero attached hydrogens (tertiary/aromatic N) is 5. The summed E-state index contributed by atoms with van der Waals surface area (Å²) in [7, 11) is 2.17. The molecule has 0 N–H and O–H groups in total. The topological polar surface area (TPSA) is 57.7 Å². The van der Waals surface area contributed by atoms with Crippen LogP contribution in [0, 0.1) is 11.3 Å². The molecule has 0 bridgehead atoms. The normalized spacial score (nSPS) is 15.7. The Kier molecular flexibility index (Phi) is 5.23. The van der Waals surface area contributed by atoms with E-state index in [0.29, 0.717) is 18.2 Å². The maximum atomic E-state index is 9.55. The third kappa shape index (κ3) is 3.71. The SMILES string of the molecule is CN(Cc1nc2ccccc2n1Cc1ccccc1C#N)C1CCCc2cccnc21. The molecule has 0 aliphatic heterocycles. The van der Waals surface area contributed by atoms with Gasteiger partial charge in [0.15, 0.2) is 0 Å². The van der Waals surface area contributed by atoms with E-state index < -0.39 is 0 Å². The summed E-state index contributed by atoms with van der Waals surface area (Å²) in [5.41, 5.74) is 6.38. The molecule has 1 aliphatic carbocycles. The van der Waals surface area contributed by atoms with Gasteiger partial charge in [-0.15, -0.1) is 0 Å². The molecule has 0 saturated carbocycles. The summed E-state index contributed by atoms with van der Waals surface area (Å²) in [6, 6.07) is 22.9. The van der Waals surface area contributed by atoms with Gasteiger partial charge in [0.25, 0.3) is 0 Å². The van der Waals surface area contributed by atoms with Gasteiger partial charge in [0.1, 0.15) is 5.82 Å². The van der Waals surface area contributed by atoms with E-state index in [1.807, 2.05) is 48.7 Å². The molecular formula is C26H25N5. The number of fused-ring (bicyclic) bond motifs is 2. The standard InChI is InChI=1S/C26H25N5/c1-30(24-14-6-10-19-11-7-15-28-26(19)24)18-25-29-22-12-4-5-13-23(22)31(25)17-21-9-3-2-8-20(21)16-27/h2-5,7-9,11-13,15,24H,6,10,14,17-18H2,1H3. The van der Waals surface area contributed by atoms with Crippen LogP contribution in [0.15, 0.2) is 66.9 Å². The van der Waals surface area contributed by atoms with Crippen molar-refractivity contribution in [2.75, 3.05) is 7.05 Å². The van der Waals surface area contributed by atoms with Crippen molar-refractivity contribution in [2.45, 2.75) is 38.4 Å². The zero-order chi connectivity index (χ0) is 21.2. The average molecular weight is 408 g/mol. The summed E-state index contributed by atoms with van der Waals surface area (Å²) in [5, 5.41) is 9.55. The number of para-hydroxylation sites is 2. The number of rotatable bonds is 5. The van der Waals surface area contributed by atoms with E-state index in [2.05, 4.69) is 40.8 Å². The zero-order valence-electron chi connectivity index (χ0n) is 17.7. The van der Waals surface area contributed by atoms with Crippen molar-refractivity contribution in [3.63, 3.8) is 0 Å². The molecule has 1 aliphatic rings. The van der Waals surface area contributed by atoms with Crippen LogP contribution in [0.4, 0.5) is 0 Å². The van der Waals surface area contributed by atoms with Crippen molar-refractivity contribution in [1.82, 2.24) is 19.4 Å². The molecule has 4 aromatic rings. The van der Waals surface area contributed by atoms with Crippen molar-refractivity contribution in [1.29, 1.82) is 5.26 Å². The van der Waals surface area contributed by atoms with Gasteiger partial charge in [-0.2, -0.15) is 5.26 Å². The Bertz CT molecular complexity index is 1270. The van der Waals surface area contributed by atoms with Gasteiger partial charge >= 0.3 is 0 Å². The molecule has 31 heavy (non-hydrogen) atoms. The highest BCUT2D eigenvalue weighted by Crippen LogP contribution is 2.33. The van der Waals surface area contributed by atoms with Crippen LogP contribution in [0.3, 0.4) is 0 Å². The highest BCUT2D eigenvalue weighted by Gasteiger charge is 2.26. The molecule has 1 unspecified atom stereocenters. The number of hydrogen-bond donors (Lipinski definition) is 0. The second-order valence-electron chi connectivity index (χ2n) is 8.24. The second-order valence-corrected chi connectivity index (χ2v) is 8.24. The second kappa shape index (κ2) is 8.33. The molecule has 0 fully saturated rings. The number of aryl methyl sites for hydroxylation is 1. The Morgan fingerprint density at radius 1 is 1.10 bits per heavy atom. The number of nitriles is 1. The Balaban J connectivity index is 1.51. The summed E-state index contributed by atoms with van der Waals surface area (Å²) >= 11 is 0. The van der Waals surface area contributed by atoms with Crippen LogP contribution >= 0.6 is 0 Å². The lowest BCUT2D eigenvalue weighted by Gasteiger charge is -2.32. The molecule has 2 aromatic heterocycles. The Morgan fingerprint density at radius 3 is 2.84 bits per heavy atom. The Labute approximate surface area is 182 Å². The first-order chi connectivity index (χ1) is 15.2. The minimum Gasteiger partial charge on any atom is -0.322 e. The molecule has 5 nitrogen and oxygen atoms in total. The fraction of sp³-hybridized carbons (Fsp3) is 0.269. The predicted molar refractivity (Wildman–Crippen MR) is 121 cm³/mol. The van der Waals surface area contributed by atoms with E-state index >= 15 is 0 Å². The van der Waals surface area contributed by atoms with E-state index in [1.54, 1.807) is 0 Å². The number of benzene rings is 2. The van der Waals surface area contributed by atoms with Gasteiger partial charge in [-0.1, -0.05) is 36.4 Å². The fourth-order valence-corrected chi connectivity index (χ4v) is 4.71. The predicted octanol–water partition coefficient (Wildman–Crippen LogP) is 4.86. The van der Waals surface area contributed by atoms with E-state index in [1.165, 1.54) is 17.7 Å². The molecule has 154 valence electrons. The lowest BCUT2D eigenvalue weighted by molar-refractivity contribution is 0.202. The highest BCUT2D eigenvalue weighted by atomic mass is 15.2. The monoisotopic (exact) mass is 407 g/mol. The lowest BCUT2D eigenvalue weighted by Crippen LogP contribution is -2.29. The van der Waals surface area contributed by atoms with Crippen LogP contribution in [0.1, 0.15) is 47.1 Å². The maximum absolute atomic E-state index is 9.55. The molecule has 0 amide bonds. The van der Waals surface area contributed by atoms with Crippen molar-refractivity contribution in [3.8, 4) is 6.07 Å². The van der Waals surface area contributed by atoms with Gasteiger partial charge in [0, 0.05) is 6.20 Å². The van der Waals surface area contributed by atoms with E-state index in [-0.39, 0.29) is 0 Å². The first-order valence-electron chi connectivity index (χ1n) is 10.8. The van der Waals surface area contributed by atoms with Crippen LogP contribution in [0.25, 0.3) is 11.0 Å². The van der Waals surface area contributed by atoms with Crippen molar-refractivity contribution >= 4 is 11.0 Å². The molecule has 2 heterocycles. The molecule has 5 heteroatoms. The van der Waals surface area contributed by atoms with E-state index in [9.17, 15) is 5.26 Å². The lowest BCUT2D eigenvalue weighted by atomic mass is 9.91. The molecule has 5 rings (SSSR count). The molecule has 2 aromatic carbocycles. The molecular weight excluding hydrogens is 382 g/mol. The van der Waals surface area contributed by atoms with Gasteiger partial charge in [0.2, 0.25) is 0 Å². The summed E-state index contributed by atoms with van der Waals surface area (Å²) in [6.45, 7) is 1.36. The minimum atomic E-state index is 0.296. The van der Waals surface area contributed by atoms with Gasteiger partial charge in [0.05, 0.1) is 47.5 Å². The van der Waals surface area contributed by atoms with E-state index in [0.717, 1.165) is 41.8 Å². The maximum Gasteiger partial charge on any atom is 0.124 e. The van der Waals surface area contributed by atoms with Crippen LogP contribution < -0.4 is 0 Å². The first kappa shape index (κ1) is 19.5. The molecule has 0 radical (unpaired) electrons. The summed E-state index contributed by atoms with van der Waals surface area (Å²) < 4.78 is 2.25. The first-order valence-corrected chi connectivity index (χ1v) is 10.8. The van der Waals surface area contributed by atoms with Gasteiger partial charge in [-0.3, -0.25) is 9.88 Å². The molecule has 0 saturated heterocycles. The van der Waals surface area contributed by atoms with Crippen LogP contribution in [-0.2, 0) is 19.5 Å². The minimum absolute atomic E-state index is 0.296. The summed E-state index contributed by atoms with van der Waals surface area (Å²) in [5.74, 6) is 1.01. The highest BCUT2D eigenvalue weighted by molar-refractivity contribution is 5.76. The summed E-state index contributed by atoms with van der Waals surface area (Å²) in [6.07, 6.45) is 5.30. The Hall–Kier alpha value is -3.49. The number of imidazole rings is 1. The average Bonchev–Trinajstić information content (AvgIpc) is 3.15. The molecule has 1 atom stereocenters. The van der Waals surface area contributed by atoms with E-state index in [4.69, 9.17) is 9.97 Å². The summed E-state index contributed by atoms with van der Waals surface area (Å²) in [4.78, 5) is 12.1. The van der Waals surface area contributed by atoms with Crippen LogP contribution in [-0.4, -0.2) is 26.5 Å². The molecule has 0 spiro atoms. The van der Waals surface area contributed by atoms with Gasteiger partial charge in [-0.25, -0.2) is 4.98 Å². The number of aromatic nitrogens is 3. The zero-order valence-corrected chi connectivity index (χ0v) is 17.7. The van der Waals surface area contributed by atoms with Crippen LogP contribution in [0.2, 0.25) is 0 Å². The number of pyridine rings is 1. The third-order valence-corrected chi connectivity index (χ3v) is 6.29. The van der Waals surface area contributed by atoms with Crippen molar-refractivity contribution < 1.29 is 0 Å².